The second-order valence-electron chi connectivity index (χ2n) is 15.2. The average Bonchev–Trinajstić information content (AvgIpc) is 3.99. The fourth-order valence-electron chi connectivity index (χ4n) is 10.1. The molecule has 7 aromatic carbocycles. The van der Waals surface area contributed by atoms with E-state index >= 15 is 0 Å². The Balaban J connectivity index is 1.12. The van der Waals surface area contributed by atoms with Gasteiger partial charge in [0.05, 0.1) is 28.3 Å². The van der Waals surface area contributed by atoms with Gasteiger partial charge in [-0.1, -0.05) is 152 Å². The van der Waals surface area contributed by atoms with E-state index in [0.717, 1.165) is 29.3 Å². The van der Waals surface area contributed by atoms with E-state index in [9.17, 15) is 0 Å². The molecule has 0 N–H and O–H groups in total. The molecule has 0 bridgehead atoms. The van der Waals surface area contributed by atoms with Gasteiger partial charge in [-0.15, -0.1) is 0 Å². The lowest BCUT2D eigenvalue weighted by Gasteiger charge is -2.29. The highest BCUT2D eigenvalue weighted by Gasteiger charge is 2.43. The molecule has 0 spiro atoms. The van der Waals surface area contributed by atoms with Crippen LogP contribution in [0, 0.1) is 0 Å². The van der Waals surface area contributed by atoms with E-state index in [-0.39, 0.29) is 12.0 Å². The van der Waals surface area contributed by atoms with Gasteiger partial charge >= 0.3 is 0 Å². The van der Waals surface area contributed by atoms with Crippen LogP contribution in [0.25, 0.3) is 82.6 Å². The Morgan fingerprint density at radius 2 is 1.31 bits per heavy atom. The van der Waals surface area contributed by atoms with Gasteiger partial charge in [0.25, 0.3) is 0 Å². The maximum Gasteiger partial charge on any atom is 0.162 e. The molecule has 0 saturated carbocycles. The monoisotopic (exact) mass is 700 g/mol. The zero-order chi connectivity index (χ0) is 35.8. The van der Waals surface area contributed by atoms with Gasteiger partial charge in [-0.25, -0.2) is 9.97 Å². The maximum absolute atomic E-state index is 5.62. The summed E-state index contributed by atoms with van der Waals surface area (Å²) in [4.78, 5) is 13.6. The summed E-state index contributed by atoms with van der Waals surface area (Å²) in [6, 6.07) is 53.0. The molecule has 1 aliphatic heterocycles. The number of allylic oxidation sites excluding steroid dienone is 2. The number of rotatable bonds is 3. The fourth-order valence-corrected chi connectivity index (χ4v) is 10.1. The maximum atomic E-state index is 5.62. The topological polar surface area (TPSA) is 33.4 Å². The molecule has 4 heterocycles. The predicted octanol–water partition coefficient (Wildman–Crippen LogP) is 12.4. The van der Waals surface area contributed by atoms with Crippen molar-refractivity contribution < 1.29 is 0 Å². The molecular weight excluding hydrogens is 669 g/mol. The second-order valence-corrected chi connectivity index (χ2v) is 15.2. The Morgan fingerprint density at radius 1 is 0.564 bits per heavy atom. The number of benzene rings is 7. The Kier molecular flexibility index (Phi) is 5.76. The van der Waals surface area contributed by atoms with Crippen molar-refractivity contribution >= 4 is 60.4 Å². The molecule has 2 aliphatic carbocycles. The van der Waals surface area contributed by atoms with Crippen molar-refractivity contribution in [2.75, 3.05) is 4.90 Å². The van der Waals surface area contributed by atoms with E-state index in [1.54, 1.807) is 0 Å². The van der Waals surface area contributed by atoms with Crippen LogP contribution in [0.5, 0.6) is 0 Å². The quantitative estimate of drug-likeness (QED) is 0.184. The van der Waals surface area contributed by atoms with Crippen molar-refractivity contribution in [3.63, 3.8) is 0 Å². The first-order valence-electron chi connectivity index (χ1n) is 19.2. The number of anilines is 2. The molecule has 55 heavy (non-hydrogen) atoms. The van der Waals surface area contributed by atoms with E-state index in [1.165, 1.54) is 87.9 Å². The van der Waals surface area contributed by atoms with Crippen molar-refractivity contribution in [1.29, 1.82) is 0 Å². The Hall–Kier alpha value is -7.04. The largest absolute Gasteiger partial charge is 0.318 e. The van der Waals surface area contributed by atoms with Crippen LogP contribution in [0.1, 0.15) is 22.6 Å². The second kappa shape index (κ2) is 10.8. The summed E-state index contributed by atoms with van der Waals surface area (Å²) < 4.78 is 2.53. The predicted molar refractivity (Wildman–Crippen MR) is 227 cm³/mol. The first-order valence-corrected chi connectivity index (χ1v) is 19.2. The van der Waals surface area contributed by atoms with Gasteiger partial charge in [0, 0.05) is 56.3 Å². The van der Waals surface area contributed by atoms with Crippen LogP contribution in [-0.2, 0) is 6.42 Å². The van der Waals surface area contributed by atoms with Gasteiger partial charge < -0.3 is 9.30 Å². The van der Waals surface area contributed by atoms with Crippen LogP contribution in [0.2, 0.25) is 0 Å². The molecule has 3 aromatic heterocycles. The van der Waals surface area contributed by atoms with E-state index in [4.69, 9.17) is 9.97 Å². The highest BCUT2D eigenvalue weighted by Crippen LogP contribution is 2.56. The minimum Gasteiger partial charge on any atom is -0.318 e. The molecule has 0 radical (unpaired) electrons. The zero-order valence-electron chi connectivity index (χ0n) is 29.8. The van der Waals surface area contributed by atoms with E-state index < -0.39 is 0 Å². The molecule has 3 aliphatic rings. The van der Waals surface area contributed by atoms with Gasteiger partial charge in [-0.2, -0.15) is 0 Å². The summed E-state index contributed by atoms with van der Waals surface area (Å²) in [7, 11) is 0. The molecule has 4 heteroatoms. The van der Waals surface area contributed by atoms with Crippen molar-refractivity contribution in [2.45, 2.75) is 18.4 Å². The zero-order valence-corrected chi connectivity index (χ0v) is 29.8. The van der Waals surface area contributed by atoms with Crippen LogP contribution in [0.4, 0.5) is 11.5 Å². The van der Waals surface area contributed by atoms with Gasteiger partial charge in [0.2, 0.25) is 0 Å². The molecule has 256 valence electrons. The Morgan fingerprint density at radius 3 is 2.22 bits per heavy atom. The van der Waals surface area contributed by atoms with E-state index in [0.29, 0.717) is 0 Å². The Labute approximate surface area is 317 Å². The third kappa shape index (κ3) is 3.90. The van der Waals surface area contributed by atoms with Crippen LogP contribution in [0.3, 0.4) is 0 Å². The minimum absolute atomic E-state index is 0.0722. The summed E-state index contributed by atoms with van der Waals surface area (Å²) in [6.45, 7) is 0. The van der Waals surface area contributed by atoms with Crippen LogP contribution in [0.15, 0.2) is 170 Å². The lowest BCUT2D eigenvalue weighted by molar-refractivity contribution is 0.737. The summed E-state index contributed by atoms with van der Waals surface area (Å²) in [5, 5.41) is 7.81. The van der Waals surface area contributed by atoms with Crippen LogP contribution in [-0.4, -0.2) is 20.4 Å². The van der Waals surface area contributed by atoms with Crippen LogP contribution >= 0.6 is 0 Å². The molecule has 2 atom stereocenters. The fraction of sp³-hybridized carbons (Fsp3) is 0.0588. The molecule has 0 saturated heterocycles. The molecule has 0 fully saturated rings. The van der Waals surface area contributed by atoms with Crippen molar-refractivity contribution in [2.24, 2.45) is 0 Å². The molecule has 4 nitrogen and oxygen atoms in total. The molecule has 0 amide bonds. The standard InChI is InChI=1S/C51H32N4/c1-2-12-30(13-3-1)31-22-24-33(25-23-31)50-52-48-36-17-7-5-15-34(36)28-40(48)51(53-50)55-42-21-11-8-18-37(42)46-44(55)29-39-45-35-16-6-4-14-32(35)26-27-43(45)54-41-20-10-9-19-38(41)47(46)49(39)54/h1-27,29,37,42H,28H2. The minimum atomic E-state index is 0.0722. The summed E-state index contributed by atoms with van der Waals surface area (Å²) >= 11 is 0. The third-order valence-corrected chi connectivity index (χ3v) is 12.5. The van der Waals surface area contributed by atoms with E-state index in [1.807, 2.05) is 0 Å². The van der Waals surface area contributed by atoms with Gasteiger partial charge in [0.15, 0.2) is 5.82 Å². The average molecular weight is 701 g/mol. The van der Waals surface area contributed by atoms with Crippen molar-refractivity contribution in [3.8, 4) is 33.8 Å². The molecule has 13 rings (SSSR count). The summed E-state index contributed by atoms with van der Waals surface area (Å²) in [6.07, 6.45) is 10.0. The van der Waals surface area contributed by atoms with E-state index in [2.05, 4.69) is 179 Å². The SMILES string of the molecule is C1=CC2c3c(cc4c5c6ccccc6ccc5n5c6ccccc6c3c45)N(c3nc(-c4ccc(-c5ccccc5)cc4)nc4c3Cc3ccccc3-4)C2C=C1. The van der Waals surface area contributed by atoms with Gasteiger partial charge in [0.1, 0.15) is 5.82 Å². The molecular formula is C51H32N4. The highest BCUT2D eigenvalue weighted by molar-refractivity contribution is 6.30. The lowest BCUT2D eigenvalue weighted by Crippen LogP contribution is -2.30. The highest BCUT2D eigenvalue weighted by atomic mass is 15.3. The number of aromatic nitrogens is 3. The number of nitrogens with zero attached hydrogens (tertiary/aromatic N) is 4. The van der Waals surface area contributed by atoms with Crippen molar-refractivity contribution in [3.05, 3.63) is 187 Å². The Bertz CT molecular complexity index is 3300. The van der Waals surface area contributed by atoms with Crippen LogP contribution < -0.4 is 4.90 Å². The number of para-hydroxylation sites is 1. The third-order valence-electron chi connectivity index (χ3n) is 12.5. The smallest absolute Gasteiger partial charge is 0.162 e. The lowest BCUT2D eigenvalue weighted by atomic mass is 9.88. The van der Waals surface area contributed by atoms with Gasteiger partial charge in [-0.05, 0) is 51.2 Å². The summed E-state index contributed by atoms with van der Waals surface area (Å²) in [5.41, 5.74) is 14.6. The van der Waals surface area contributed by atoms with Crippen molar-refractivity contribution in [1.82, 2.24) is 14.4 Å². The van der Waals surface area contributed by atoms with Gasteiger partial charge in [-0.3, -0.25) is 0 Å². The normalized spacial score (nSPS) is 16.8. The molecule has 10 aromatic rings. The first kappa shape index (κ1) is 29.4. The number of hydrogen-bond acceptors (Lipinski definition) is 3. The summed E-state index contributed by atoms with van der Waals surface area (Å²) in [5.74, 6) is 1.92. The number of hydrogen-bond donors (Lipinski definition) is 0. The first-order chi connectivity index (χ1) is 27.3. The number of fused-ring (bicyclic) bond motifs is 15. The molecule has 2 unspecified atom stereocenters.